The van der Waals surface area contributed by atoms with Crippen molar-refractivity contribution in [1.82, 2.24) is 4.57 Å². The van der Waals surface area contributed by atoms with Crippen LogP contribution in [-0.4, -0.2) is 31.6 Å². The molecule has 26 heavy (non-hydrogen) atoms. The van der Waals surface area contributed by atoms with Gasteiger partial charge in [0.2, 0.25) is 0 Å². The van der Waals surface area contributed by atoms with Crippen LogP contribution in [0.3, 0.4) is 0 Å². The largest absolute Gasteiger partial charge is 0.478 e. The molecule has 8 nitrogen and oxygen atoms in total. The van der Waals surface area contributed by atoms with Gasteiger partial charge in [0.1, 0.15) is 0 Å². The van der Waals surface area contributed by atoms with Gasteiger partial charge in [-0.05, 0) is 30.2 Å². The van der Waals surface area contributed by atoms with Crippen LogP contribution in [0.2, 0.25) is 0 Å². The highest BCUT2D eigenvalue weighted by molar-refractivity contribution is 6.04. The quantitative estimate of drug-likeness (QED) is 0.518. The highest BCUT2D eigenvalue weighted by Gasteiger charge is 2.17. The molecule has 0 atom stereocenters. The number of nitro benzene ring substituents is 1. The van der Waals surface area contributed by atoms with E-state index in [9.17, 15) is 24.8 Å². The lowest BCUT2D eigenvalue weighted by atomic mass is 10.1. The number of benzene rings is 2. The van der Waals surface area contributed by atoms with Gasteiger partial charge in [0.05, 0.1) is 16.1 Å². The fourth-order valence-corrected chi connectivity index (χ4v) is 2.82. The zero-order valence-electron chi connectivity index (χ0n) is 13.5. The van der Waals surface area contributed by atoms with Crippen molar-refractivity contribution < 1.29 is 24.7 Å². The second-order valence-electron chi connectivity index (χ2n) is 5.75. The molecule has 0 aliphatic carbocycles. The van der Waals surface area contributed by atoms with Crippen molar-refractivity contribution in [2.75, 3.05) is 0 Å². The summed E-state index contributed by atoms with van der Waals surface area (Å²) in [5.41, 5.74) is 1.53. The van der Waals surface area contributed by atoms with Crippen molar-refractivity contribution in [3.05, 3.63) is 75.5 Å². The molecule has 0 bridgehead atoms. The third-order valence-electron chi connectivity index (χ3n) is 4.15. The van der Waals surface area contributed by atoms with E-state index in [4.69, 9.17) is 5.11 Å². The number of rotatable bonds is 6. The van der Waals surface area contributed by atoms with Crippen molar-refractivity contribution in [1.29, 1.82) is 0 Å². The van der Waals surface area contributed by atoms with Crippen LogP contribution in [-0.2, 0) is 13.0 Å². The van der Waals surface area contributed by atoms with E-state index in [0.717, 1.165) is 5.56 Å². The van der Waals surface area contributed by atoms with Gasteiger partial charge in [-0.1, -0.05) is 12.1 Å². The highest BCUT2D eigenvalue weighted by Crippen LogP contribution is 2.26. The Labute approximate surface area is 147 Å². The van der Waals surface area contributed by atoms with E-state index < -0.39 is 16.9 Å². The fourth-order valence-electron chi connectivity index (χ4n) is 2.82. The molecule has 1 heterocycles. The molecule has 0 radical (unpaired) electrons. The molecule has 0 aliphatic rings. The number of carbonyl (C=O) groups is 2. The monoisotopic (exact) mass is 354 g/mol. The van der Waals surface area contributed by atoms with Gasteiger partial charge in [0.15, 0.2) is 0 Å². The number of hydrogen-bond acceptors (Lipinski definition) is 4. The van der Waals surface area contributed by atoms with E-state index in [2.05, 4.69) is 0 Å². The molecule has 0 amide bonds. The van der Waals surface area contributed by atoms with Crippen LogP contribution in [0.25, 0.3) is 10.9 Å². The third-order valence-corrected chi connectivity index (χ3v) is 4.15. The number of aromatic carboxylic acids is 2. The fraction of sp³-hybridized carbons (Fsp3) is 0.111. The Morgan fingerprint density at radius 2 is 1.73 bits per heavy atom. The van der Waals surface area contributed by atoms with E-state index in [-0.39, 0.29) is 16.8 Å². The summed E-state index contributed by atoms with van der Waals surface area (Å²) in [4.78, 5) is 32.7. The van der Waals surface area contributed by atoms with Gasteiger partial charge in [0.25, 0.3) is 5.69 Å². The maximum atomic E-state index is 11.4. The minimum Gasteiger partial charge on any atom is -0.478 e. The predicted molar refractivity (Wildman–Crippen MR) is 92.7 cm³/mol. The molecule has 0 saturated carbocycles. The molecule has 0 spiro atoms. The maximum absolute atomic E-state index is 11.4. The molecule has 0 saturated heterocycles. The lowest BCUT2D eigenvalue weighted by Gasteiger charge is -2.06. The van der Waals surface area contributed by atoms with E-state index in [1.54, 1.807) is 16.7 Å². The van der Waals surface area contributed by atoms with Gasteiger partial charge in [-0.2, -0.15) is 0 Å². The van der Waals surface area contributed by atoms with Gasteiger partial charge < -0.3 is 14.8 Å². The zero-order chi connectivity index (χ0) is 18.8. The Kier molecular flexibility index (Phi) is 4.40. The number of aromatic nitrogens is 1. The van der Waals surface area contributed by atoms with E-state index >= 15 is 0 Å². The smallest absolute Gasteiger partial charge is 0.337 e. The number of non-ortho nitro benzene ring substituents is 1. The second-order valence-corrected chi connectivity index (χ2v) is 5.75. The maximum Gasteiger partial charge on any atom is 0.337 e. The summed E-state index contributed by atoms with van der Waals surface area (Å²) in [6.45, 7) is 0.452. The lowest BCUT2D eigenvalue weighted by molar-refractivity contribution is -0.384. The molecule has 8 heteroatoms. The minimum atomic E-state index is -1.15. The topological polar surface area (TPSA) is 123 Å². The van der Waals surface area contributed by atoms with E-state index in [1.807, 2.05) is 0 Å². The molecule has 3 rings (SSSR count). The Morgan fingerprint density at radius 1 is 1.04 bits per heavy atom. The number of hydrogen-bond donors (Lipinski definition) is 2. The van der Waals surface area contributed by atoms with Crippen LogP contribution in [0.5, 0.6) is 0 Å². The van der Waals surface area contributed by atoms with Crippen molar-refractivity contribution >= 4 is 28.5 Å². The van der Waals surface area contributed by atoms with Gasteiger partial charge >= 0.3 is 11.9 Å². The Bertz CT molecular complexity index is 1020. The predicted octanol–water partition coefficient (Wildman–Crippen LogP) is 3.19. The molecule has 0 fully saturated rings. The Hall–Kier alpha value is -3.68. The summed E-state index contributed by atoms with van der Waals surface area (Å²) >= 11 is 0. The van der Waals surface area contributed by atoms with Crippen LogP contribution in [0.4, 0.5) is 5.69 Å². The first kappa shape index (κ1) is 17.2. The van der Waals surface area contributed by atoms with Crippen LogP contribution in [0, 0.1) is 10.1 Å². The summed E-state index contributed by atoms with van der Waals surface area (Å²) in [6.07, 6.45) is 2.02. The number of carboxylic acid groups (broad SMARTS) is 2. The van der Waals surface area contributed by atoms with Crippen LogP contribution in [0.15, 0.2) is 48.7 Å². The van der Waals surface area contributed by atoms with Crippen LogP contribution >= 0.6 is 0 Å². The molecular formula is C18H14N2O6. The van der Waals surface area contributed by atoms with Gasteiger partial charge in [-0.3, -0.25) is 10.1 Å². The van der Waals surface area contributed by atoms with Gasteiger partial charge in [-0.15, -0.1) is 0 Å². The summed E-state index contributed by atoms with van der Waals surface area (Å²) in [5.74, 6) is -2.15. The van der Waals surface area contributed by atoms with Crippen molar-refractivity contribution in [2.45, 2.75) is 13.0 Å². The molecule has 0 unspecified atom stereocenters. The van der Waals surface area contributed by atoms with Crippen molar-refractivity contribution in [2.24, 2.45) is 0 Å². The van der Waals surface area contributed by atoms with Crippen LogP contribution < -0.4 is 0 Å². The summed E-state index contributed by atoms with van der Waals surface area (Å²) in [7, 11) is 0. The first-order valence-electron chi connectivity index (χ1n) is 7.69. The van der Waals surface area contributed by atoms with Crippen molar-refractivity contribution in [3.8, 4) is 0 Å². The Balaban J connectivity index is 1.91. The normalized spacial score (nSPS) is 10.8. The lowest BCUT2D eigenvalue weighted by Crippen LogP contribution is -2.01. The summed E-state index contributed by atoms with van der Waals surface area (Å²) in [5, 5.41) is 29.5. The molecule has 1 aromatic heterocycles. The molecule has 3 aromatic rings. The number of nitrogens with zero attached hydrogens (tertiary/aromatic N) is 2. The van der Waals surface area contributed by atoms with Gasteiger partial charge in [-0.25, -0.2) is 9.59 Å². The summed E-state index contributed by atoms with van der Waals surface area (Å²) < 4.78 is 1.73. The molecule has 2 N–H and O–H groups in total. The number of nitro groups is 1. The van der Waals surface area contributed by atoms with E-state index in [1.165, 1.54) is 36.5 Å². The van der Waals surface area contributed by atoms with Crippen LogP contribution in [0.1, 0.15) is 26.3 Å². The van der Waals surface area contributed by atoms with E-state index in [0.29, 0.717) is 23.9 Å². The number of carboxylic acids is 2. The molecule has 0 aliphatic heterocycles. The molecule has 132 valence electrons. The third kappa shape index (κ3) is 3.25. The summed E-state index contributed by atoms with van der Waals surface area (Å²) in [6, 6.07) is 10.6. The zero-order valence-corrected chi connectivity index (χ0v) is 13.5. The SMILES string of the molecule is O=C(O)c1ccc(CCn2cc(C(=O)O)c3cc([N+](=O)[O-])ccc32)cc1. The van der Waals surface area contributed by atoms with Gasteiger partial charge in [0, 0.05) is 35.8 Å². The number of aryl methyl sites for hydroxylation is 2. The van der Waals surface area contributed by atoms with Crippen molar-refractivity contribution in [3.63, 3.8) is 0 Å². The molecule has 2 aromatic carbocycles. The second kappa shape index (κ2) is 6.67. The highest BCUT2D eigenvalue weighted by atomic mass is 16.6. The minimum absolute atomic E-state index is 0.00456. The number of fused-ring (bicyclic) bond motifs is 1. The average molecular weight is 354 g/mol. The standard InChI is InChI=1S/C18H14N2O6/c21-17(22)12-3-1-11(2-4-12)7-8-19-10-15(18(23)24)14-9-13(20(25)26)5-6-16(14)19/h1-6,9-10H,7-8H2,(H,21,22)(H,23,24). The first-order valence-corrected chi connectivity index (χ1v) is 7.69. The average Bonchev–Trinajstić information content (AvgIpc) is 2.98. The first-order chi connectivity index (χ1) is 12.4. The Morgan fingerprint density at radius 3 is 2.31 bits per heavy atom. The molecular weight excluding hydrogens is 340 g/mol.